The number of carboxylic acid groups (broad SMARTS) is 1. The van der Waals surface area contributed by atoms with E-state index in [1.54, 1.807) is 24.3 Å². The Morgan fingerprint density at radius 2 is 1.50 bits per heavy atom. The van der Waals surface area contributed by atoms with Gasteiger partial charge in [0.15, 0.2) is 0 Å². The molecule has 0 bridgehead atoms. The van der Waals surface area contributed by atoms with Crippen LogP contribution in [0.4, 0.5) is 0 Å². The van der Waals surface area contributed by atoms with Crippen molar-refractivity contribution in [3.63, 3.8) is 0 Å². The summed E-state index contributed by atoms with van der Waals surface area (Å²) in [6, 6.07) is 19.2. The van der Waals surface area contributed by atoms with Gasteiger partial charge in [-0.2, -0.15) is 0 Å². The van der Waals surface area contributed by atoms with Gasteiger partial charge < -0.3 is 10.0 Å². The smallest absolute Gasteiger partial charge is 0.323 e. The molecule has 0 unspecified atom stereocenters. The average Bonchev–Trinajstić information content (AvgIpc) is 2.78. The highest BCUT2D eigenvalue weighted by atomic mass is 32.2. The van der Waals surface area contributed by atoms with Crippen LogP contribution in [0.1, 0.15) is 53.9 Å². The van der Waals surface area contributed by atoms with Gasteiger partial charge in [0.2, 0.25) is 11.0 Å². The third kappa shape index (κ3) is 6.20. The van der Waals surface area contributed by atoms with E-state index in [9.17, 15) is 19.5 Å². The van der Waals surface area contributed by atoms with Gasteiger partial charge in [0.25, 0.3) is 0 Å². The van der Waals surface area contributed by atoms with E-state index < -0.39 is 5.97 Å². The van der Waals surface area contributed by atoms with Gasteiger partial charge in [0.05, 0.1) is 0 Å². The minimum atomic E-state index is -0.999. The normalized spacial score (nSPS) is 18.5. The fraction of sp³-hybridized carbons (Fsp3) is 0.375. The molecule has 0 heterocycles. The summed E-state index contributed by atoms with van der Waals surface area (Å²) < 4.78 is 0. The first-order valence-corrected chi connectivity index (χ1v) is 11.3. The lowest BCUT2D eigenvalue weighted by Gasteiger charge is -2.36. The predicted molar refractivity (Wildman–Crippen MR) is 119 cm³/mol. The fourth-order valence-corrected chi connectivity index (χ4v) is 4.81. The van der Waals surface area contributed by atoms with Crippen molar-refractivity contribution in [2.24, 2.45) is 0 Å². The molecule has 5 nitrogen and oxygen atoms in total. The quantitative estimate of drug-likeness (QED) is 0.670. The molecule has 2 aromatic carbocycles. The van der Waals surface area contributed by atoms with Crippen molar-refractivity contribution in [3.8, 4) is 0 Å². The Bertz CT molecular complexity index is 848. The Balaban J connectivity index is 1.53. The summed E-state index contributed by atoms with van der Waals surface area (Å²) >= 11 is 1.10. The second-order valence-corrected chi connectivity index (χ2v) is 8.65. The summed E-state index contributed by atoms with van der Waals surface area (Å²) in [6.45, 7) is -0.281. The highest BCUT2D eigenvalue weighted by Gasteiger charge is 2.30. The van der Waals surface area contributed by atoms with Crippen LogP contribution in [0.25, 0.3) is 0 Å². The standard InChI is InChI=1S/C24H27NO4S/c26-22(15-16-30-24(29)20-9-5-2-6-10-20)25(17-23(27)28)21-13-11-19(12-14-21)18-7-3-1-4-8-18/h1-10,19,21H,11-17H2,(H,27,28). The fourth-order valence-electron chi connectivity index (χ4n) is 4.04. The number of carboxylic acids is 1. The molecular formula is C24H27NO4S. The molecule has 1 aliphatic rings. The van der Waals surface area contributed by atoms with Crippen LogP contribution >= 0.6 is 11.8 Å². The molecule has 0 atom stereocenters. The first-order chi connectivity index (χ1) is 14.5. The van der Waals surface area contributed by atoms with Crippen LogP contribution in [0.3, 0.4) is 0 Å². The molecule has 0 aromatic heterocycles. The van der Waals surface area contributed by atoms with E-state index >= 15 is 0 Å². The van der Waals surface area contributed by atoms with Crippen LogP contribution in [0.2, 0.25) is 0 Å². The summed E-state index contributed by atoms with van der Waals surface area (Å²) in [5, 5.41) is 9.23. The minimum Gasteiger partial charge on any atom is -0.480 e. The SMILES string of the molecule is O=C(O)CN(C(=O)CCSC(=O)c1ccccc1)C1CCC(c2ccccc2)CC1. The maximum absolute atomic E-state index is 12.8. The molecule has 158 valence electrons. The summed E-state index contributed by atoms with van der Waals surface area (Å²) in [6.07, 6.45) is 3.65. The Hall–Kier alpha value is -2.60. The largest absolute Gasteiger partial charge is 0.480 e. The molecule has 1 fully saturated rings. The number of benzene rings is 2. The first kappa shape index (κ1) is 22.1. The monoisotopic (exact) mass is 425 g/mol. The summed E-state index contributed by atoms with van der Waals surface area (Å²) in [5.41, 5.74) is 1.92. The van der Waals surface area contributed by atoms with E-state index in [0.717, 1.165) is 37.4 Å². The third-order valence-electron chi connectivity index (χ3n) is 5.59. The maximum Gasteiger partial charge on any atom is 0.323 e. The van der Waals surface area contributed by atoms with Crippen molar-refractivity contribution in [2.45, 2.75) is 44.1 Å². The van der Waals surface area contributed by atoms with Gasteiger partial charge in [-0.15, -0.1) is 0 Å². The lowest BCUT2D eigenvalue weighted by Crippen LogP contribution is -2.45. The Morgan fingerprint density at radius 3 is 2.10 bits per heavy atom. The number of hydrogen-bond donors (Lipinski definition) is 1. The van der Waals surface area contributed by atoms with E-state index in [2.05, 4.69) is 12.1 Å². The number of rotatable bonds is 8. The second kappa shape index (κ2) is 11.0. The molecule has 30 heavy (non-hydrogen) atoms. The number of carbonyl (C=O) groups excluding carboxylic acids is 2. The molecule has 1 aliphatic carbocycles. The molecule has 0 saturated heterocycles. The molecule has 1 saturated carbocycles. The van der Waals surface area contributed by atoms with Crippen molar-refractivity contribution in [2.75, 3.05) is 12.3 Å². The Kier molecular flexibility index (Phi) is 8.08. The van der Waals surface area contributed by atoms with Crippen LogP contribution in [0.5, 0.6) is 0 Å². The lowest BCUT2D eigenvalue weighted by atomic mass is 9.81. The van der Waals surface area contributed by atoms with E-state index in [1.807, 2.05) is 24.3 Å². The molecule has 0 spiro atoms. The van der Waals surface area contributed by atoms with Crippen molar-refractivity contribution in [1.82, 2.24) is 4.90 Å². The Morgan fingerprint density at radius 1 is 0.900 bits per heavy atom. The number of aliphatic carboxylic acids is 1. The number of amides is 1. The van der Waals surface area contributed by atoms with Crippen molar-refractivity contribution >= 4 is 28.8 Å². The average molecular weight is 426 g/mol. The lowest BCUT2D eigenvalue weighted by molar-refractivity contribution is -0.146. The Labute approximate surface area is 181 Å². The van der Waals surface area contributed by atoms with Crippen LogP contribution in [0.15, 0.2) is 60.7 Å². The molecule has 6 heteroatoms. The molecule has 1 amide bonds. The van der Waals surface area contributed by atoms with Crippen LogP contribution < -0.4 is 0 Å². The zero-order valence-corrected chi connectivity index (χ0v) is 17.7. The molecule has 0 aliphatic heterocycles. The van der Waals surface area contributed by atoms with Crippen molar-refractivity contribution in [3.05, 3.63) is 71.8 Å². The van der Waals surface area contributed by atoms with E-state index in [1.165, 1.54) is 10.5 Å². The topological polar surface area (TPSA) is 74.7 Å². The van der Waals surface area contributed by atoms with Gasteiger partial charge >= 0.3 is 5.97 Å². The third-order valence-corrected chi connectivity index (χ3v) is 6.50. The van der Waals surface area contributed by atoms with E-state index in [-0.39, 0.29) is 30.0 Å². The minimum absolute atomic E-state index is 0.0524. The zero-order chi connectivity index (χ0) is 21.3. The zero-order valence-electron chi connectivity index (χ0n) is 16.9. The predicted octanol–water partition coefficient (Wildman–Crippen LogP) is 4.59. The number of nitrogens with zero attached hydrogens (tertiary/aromatic N) is 1. The van der Waals surface area contributed by atoms with Gasteiger partial charge in [-0.05, 0) is 37.2 Å². The van der Waals surface area contributed by atoms with Crippen LogP contribution in [-0.4, -0.2) is 45.3 Å². The second-order valence-electron chi connectivity index (χ2n) is 7.58. The number of hydrogen-bond acceptors (Lipinski definition) is 4. The summed E-state index contributed by atoms with van der Waals surface area (Å²) in [7, 11) is 0. The highest BCUT2D eigenvalue weighted by Crippen LogP contribution is 2.35. The molecular weight excluding hydrogens is 398 g/mol. The molecule has 1 N–H and O–H groups in total. The molecule has 2 aromatic rings. The van der Waals surface area contributed by atoms with E-state index in [4.69, 9.17) is 0 Å². The van der Waals surface area contributed by atoms with Gasteiger partial charge in [0.1, 0.15) is 6.54 Å². The summed E-state index contributed by atoms with van der Waals surface area (Å²) in [5.74, 6) is -0.374. The van der Waals surface area contributed by atoms with Gasteiger partial charge in [-0.3, -0.25) is 14.4 Å². The maximum atomic E-state index is 12.8. The number of carbonyl (C=O) groups is 3. The van der Waals surface area contributed by atoms with Gasteiger partial charge in [0, 0.05) is 23.8 Å². The van der Waals surface area contributed by atoms with Crippen LogP contribution in [0, 0.1) is 0 Å². The number of thioether (sulfide) groups is 1. The first-order valence-electron chi connectivity index (χ1n) is 10.3. The van der Waals surface area contributed by atoms with Gasteiger partial charge in [-0.25, -0.2) is 0 Å². The van der Waals surface area contributed by atoms with Gasteiger partial charge in [-0.1, -0.05) is 72.4 Å². The van der Waals surface area contributed by atoms with Crippen molar-refractivity contribution in [1.29, 1.82) is 0 Å². The summed E-state index contributed by atoms with van der Waals surface area (Å²) in [4.78, 5) is 37.8. The molecule has 0 radical (unpaired) electrons. The van der Waals surface area contributed by atoms with Crippen molar-refractivity contribution < 1.29 is 19.5 Å². The van der Waals surface area contributed by atoms with Crippen LogP contribution in [-0.2, 0) is 9.59 Å². The van der Waals surface area contributed by atoms with E-state index in [0.29, 0.717) is 17.2 Å². The highest BCUT2D eigenvalue weighted by molar-refractivity contribution is 8.14. The molecule has 3 rings (SSSR count).